The van der Waals surface area contributed by atoms with Crippen LogP contribution in [0.15, 0.2) is 12.1 Å². The van der Waals surface area contributed by atoms with Gasteiger partial charge in [-0.25, -0.2) is 0 Å². The second-order valence-corrected chi connectivity index (χ2v) is 7.60. The Morgan fingerprint density at radius 2 is 1.43 bits per heavy atom. The Morgan fingerprint density at radius 1 is 1.00 bits per heavy atom. The molecule has 5 nitrogen and oxygen atoms in total. The van der Waals surface area contributed by atoms with Crippen LogP contribution in [-0.2, 0) is 15.7 Å². The van der Waals surface area contributed by atoms with E-state index in [4.69, 9.17) is 10.9 Å². The molecule has 1 rings (SSSR count). The van der Waals surface area contributed by atoms with Gasteiger partial charge in [0.25, 0.3) is 0 Å². The molecule has 0 unspecified atom stereocenters. The van der Waals surface area contributed by atoms with Crippen LogP contribution in [0.4, 0.5) is 0 Å². The molecule has 0 amide bonds. The Kier molecular flexibility index (Phi) is 6.94. The first kappa shape index (κ1) is 17.7. The van der Waals surface area contributed by atoms with Gasteiger partial charge in [-0.3, -0.25) is 0 Å². The fraction of sp³-hybridized carbons (Fsp3) is 0.467. The third-order valence-corrected chi connectivity index (χ3v) is 7.05. The molecule has 21 heavy (non-hydrogen) atoms. The van der Waals surface area contributed by atoms with Gasteiger partial charge in [0.1, 0.15) is 0 Å². The number of aryl methyl sites for hydroxylation is 2. The van der Waals surface area contributed by atoms with E-state index in [9.17, 15) is 9.59 Å². The predicted molar refractivity (Wildman–Crippen MR) is 88.0 cm³/mol. The van der Waals surface area contributed by atoms with Crippen molar-refractivity contribution in [3.05, 3.63) is 26.8 Å². The minimum absolute atomic E-state index is 0.256. The van der Waals surface area contributed by atoms with Crippen LogP contribution in [-0.4, -0.2) is 19.0 Å². The number of hydrogen-bond donors (Lipinski definition) is 0. The topological polar surface area (TPSA) is 61.8 Å². The van der Waals surface area contributed by atoms with E-state index in [-0.39, 0.29) is 24.8 Å². The zero-order valence-electron chi connectivity index (χ0n) is 13.0. The van der Waals surface area contributed by atoms with Crippen LogP contribution < -0.4 is 4.74 Å². The number of carbonyl (C=O) groups is 2. The first-order valence-electron chi connectivity index (χ1n) is 6.70. The van der Waals surface area contributed by atoms with Crippen LogP contribution in [0.5, 0.6) is 5.75 Å². The summed E-state index contributed by atoms with van der Waals surface area (Å²) in [7, 11) is 1.60. The summed E-state index contributed by atoms with van der Waals surface area (Å²) < 4.78 is 16.9. The summed E-state index contributed by atoms with van der Waals surface area (Å²) >= 11 is -2.81. The molecule has 0 spiro atoms. The second kappa shape index (κ2) is 8.21. The van der Waals surface area contributed by atoms with E-state index in [1.54, 1.807) is 21.0 Å². The van der Waals surface area contributed by atoms with E-state index in [1.165, 1.54) is 0 Å². The normalized spacial score (nSPS) is 10.8. The van der Waals surface area contributed by atoms with Gasteiger partial charge in [-0.15, -0.1) is 0 Å². The Morgan fingerprint density at radius 3 is 1.76 bits per heavy atom. The van der Waals surface area contributed by atoms with Crippen molar-refractivity contribution < 1.29 is 20.5 Å². The SMILES string of the molecule is CCC(=O)OI(OC(=O)CC)c1c(C)cc(OC)cc1C. The summed E-state index contributed by atoms with van der Waals surface area (Å²) in [5.74, 6) is 0.0330. The van der Waals surface area contributed by atoms with Crippen LogP contribution in [0.25, 0.3) is 0 Å². The van der Waals surface area contributed by atoms with Gasteiger partial charge in [-0.05, 0) is 0 Å². The molecule has 0 heterocycles. The van der Waals surface area contributed by atoms with Gasteiger partial charge < -0.3 is 0 Å². The van der Waals surface area contributed by atoms with E-state index < -0.39 is 20.6 Å². The zero-order chi connectivity index (χ0) is 16.0. The number of halogens is 1. The first-order chi connectivity index (χ1) is 9.92. The molecule has 1 aromatic carbocycles. The Hall–Kier alpha value is -1.31. The van der Waals surface area contributed by atoms with Crippen molar-refractivity contribution in [2.24, 2.45) is 0 Å². The zero-order valence-corrected chi connectivity index (χ0v) is 15.1. The van der Waals surface area contributed by atoms with Crippen LogP contribution >= 0.6 is 20.6 Å². The number of benzene rings is 1. The second-order valence-electron chi connectivity index (χ2n) is 4.40. The van der Waals surface area contributed by atoms with Gasteiger partial charge in [0, 0.05) is 0 Å². The molecule has 0 N–H and O–H groups in total. The molecule has 118 valence electrons. The molecular weight excluding hydrogens is 387 g/mol. The van der Waals surface area contributed by atoms with E-state index in [0.29, 0.717) is 0 Å². The number of carbonyl (C=O) groups excluding carboxylic acids is 2. The van der Waals surface area contributed by atoms with Crippen molar-refractivity contribution in [1.29, 1.82) is 0 Å². The maximum atomic E-state index is 11.6. The molecule has 0 bridgehead atoms. The summed E-state index contributed by atoms with van der Waals surface area (Å²) in [6.07, 6.45) is 0.512. The van der Waals surface area contributed by atoms with E-state index in [1.807, 2.05) is 26.0 Å². The molecule has 0 fully saturated rings. The number of ether oxygens (including phenoxy) is 1. The maximum absolute atomic E-state index is 11.6. The predicted octanol–water partition coefficient (Wildman–Crippen LogP) is 3.72. The van der Waals surface area contributed by atoms with Crippen LogP contribution in [0, 0.1) is 17.4 Å². The molecule has 0 aliphatic rings. The third kappa shape index (κ3) is 4.87. The summed E-state index contributed by atoms with van der Waals surface area (Å²) in [5.41, 5.74) is 1.81. The molecular formula is C15H21IO5. The molecule has 1 aromatic rings. The van der Waals surface area contributed by atoms with Crippen molar-refractivity contribution in [2.75, 3.05) is 7.11 Å². The third-order valence-electron chi connectivity index (χ3n) is 2.69. The van der Waals surface area contributed by atoms with Crippen LogP contribution in [0.3, 0.4) is 0 Å². The minimum atomic E-state index is -2.81. The van der Waals surface area contributed by atoms with Crippen molar-refractivity contribution in [3.63, 3.8) is 0 Å². The van der Waals surface area contributed by atoms with Crippen molar-refractivity contribution in [2.45, 2.75) is 40.5 Å². The van der Waals surface area contributed by atoms with E-state index in [0.717, 1.165) is 20.4 Å². The van der Waals surface area contributed by atoms with Crippen molar-refractivity contribution >= 4 is 32.6 Å². The summed E-state index contributed by atoms with van der Waals surface area (Å²) in [4.78, 5) is 23.2. The van der Waals surface area contributed by atoms with Crippen LogP contribution in [0.2, 0.25) is 0 Å². The Balaban J connectivity index is 3.18. The quantitative estimate of drug-likeness (QED) is 0.672. The Bertz CT molecular complexity index is 486. The molecule has 0 radical (unpaired) electrons. The van der Waals surface area contributed by atoms with Gasteiger partial charge in [0.05, 0.1) is 0 Å². The molecule has 0 aliphatic carbocycles. The van der Waals surface area contributed by atoms with Gasteiger partial charge in [0.2, 0.25) is 0 Å². The average molecular weight is 408 g/mol. The summed E-state index contributed by atoms with van der Waals surface area (Å²) in [5, 5.41) is 0. The van der Waals surface area contributed by atoms with Crippen molar-refractivity contribution in [3.8, 4) is 5.75 Å². The van der Waals surface area contributed by atoms with Gasteiger partial charge in [0.15, 0.2) is 0 Å². The number of hydrogen-bond acceptors (Lipinski definition) is 5. The van der Waals surface area contributed by atoms with E-state index >= 15 is 0 Å². The molecule has 0 atom stereocenters. The average Bonchev–Trinajstić information content (AvgIpc) is 2.45. The van der Waals surface area contributed by atoms with Crippen LogP contribution in [0.1, 0.15) is 37.8 Å². The fourth-order valence-electron chi connectivity index (χ4n) is 1.63. The molecule has 0 aromatic heterocycles. The van der Waals surface area contributed by atoms with Gasteiger partial charge >= 0.3 is 133 Å². The monoisotopic (exact) mass is 408 g/mol. The Labute approximate surface area is 133 Å². The molecule has 0 saturated carbocycles. The first-order valence-corrected chi connectivity index (χ1v) is 9.54. The standard InChI is InChI=1S/C15H21IO5/c1-6-13(17)20-16(21-14(18)7-2)15-10(3)8-12(19-5)9-11(15)4/h8-9H,6-7H2,1-5H3. The molecule has 0 aliphatic heterocycles. The molecule has 0 saturated heterocycles. The van der Waals surface area contributed by atoms with Gasteiger partial charge in [-0.2, -0.15) is 0 Å². The number of methoxy groups -OCH3 is 1. The molecule has 6 heteroatoms. The van der Waals surface area contributed by atoms with E-state index in [2.05, 4.69) is 0 Å². The summed E-state index contributed by atoms with van der Waals surface area (Å²) in [6.45, 7) is 7.22. The van der Waals surface area contributed by atoms with Gasteiger partial charge in [-0.1, -0.05) is 0 Å². The fourth-order valence-corrected chi connectivity index (χ4v) is 5.37. The summed E-state index contributed by atoms with van der Waals surface area (Å²) in [6, 6.07) is 3.71. The number of rotatable bonds is 6. The van der Waals surface area contributed by atoms with Crippen molar-refractivity contribution in [1.82, 2.24) is 0 Å².